The van der Waals surface area contributed by atoms with Gasteiger partial charge in [0.05, 0.1) is 6.54 Å². The first kappa shape index (κ1) is 10.6. The van der Waals surface area contributed by atoms with E-state index in [1.807, 2.05) is 0 Å². The summed E-state index contributed by atoms with van der Waals surface area (Å²) in [6.07, 6.45) is 9.24. The molecule has 1 unspecified atom stereocenters. The molecule has 2 nitrogen and oxygen atoms in total. The Kier molecular flexibility index (Phi) is 4.88. The van der Waals surface area contributed by atoms with E-state index in [0.717, 1.165) is 19.0 Å². The Morgan fingerprint density at radius 1 is 1.62 bits per heavy atom. The normalized spacial score (nSPS) is 23.0. The summed E-state index contributed by atoms with van der Waals surface area (Å²) in [6.45, 7) is 4.32. The summed E-state index contributed by atoms with van der Waals surface area (Å²) in [6, 6.07) is 0. The fourth-order valence-electron chi connectivity index (χ4n) is 1.81. The van der Waals surface area contributed by atoms with Gasteiger partial charge in [0.15, 0.2) is 0 Å². The number of piperidine rings is 1. The topological polar surface area (TPSA) is 15.3 Å². The number of terminal acetylenes is 1. The highest BCUT2D eigenvalue weighted by Gasteiger charge is 2.12. The minimum Gasteiger partial charge on any atom is -0.316 e. The van der Waals surface area contributed by atoms with Crippen LogP contribution >= 0.6 is 0 Å². The van der Waals surface area contributed by atoms with Crippen molar-refractivity contribution in [2.75, 3.05) is 33.2 Å². The summed E-state index contributed by atoms with van der Waals surface area (Å²) < 4.78 is 0. The van der Waals surface area contributed by atoms with Crippen LogP contribution in [-0.2, 0) is 0 Å². The predicted octanol–water partition coefficient (Wildman–Crippen LogP) is 0.941. The van der Waals surface area contributed by atoms with Crippen LogP contribution in [0.1, 0.15) is 19.3 Å². The van der Waals surface area contributed by atoms with Crippen molar-refractivity contribution in [3.63, 3.8) is 0 Å². The van der Waals surface area contributed by atoms with Crippen LogP contribution in [0, 0.1) is 18.3 Å². The van der Waals surface area contributed by atoms with E-state index in [1.54, 1.807) is 0 Å². The average molecular weight is 180 g/mol. The highest BCUT2D eigenvalue weighted by atomic mass is 15.1. The van der Waals surface area contributed by atoms with E-state index in [2.05, 4.69) is 23.2 Å². The van der Waals surface area contributed by atoms with Crippen molar-refractivity contribution in [1.82, 2.24) is 10.2 Å². The predicted molar refractivity (Wildman–Crippen MR) is 56.5 cm³/mol. The lowest BCUT2D eigenvalue weighted by molar-refractivity contribution is 0.291. The molecule has 1 aliphatic heterocycles. The van der Waals surface area contributed by atoms with Gasteiger partial charge in [-0.05, 0) is 51.9 Å². The van der Waals surface area contributed by atoms with Crippen LogP contribution in [0.3, 0.4) is 0 Å². The van der Waals surface area contributed by atoms with Crippen LogP contribution in [-0.4, -0.2) is 38.1 Å². The third-order valence-corrected chi connectivity index (χ3v) is 2.68. The first-order valence-electron chi connectivity index (χ1n) is 5.15. The molecule has 74 valence electrons. The zero-order chi connectivity index (χ0) is 9.52. The van der Waals surface area contributed by atoms with Gasteiger partial charge >= 0.3 is 0 Å². The Balaban J connectivity index is 2.07. The second kappa shape index (κ2) is 6.01. The summed E-state index contributed by atoms with van der Waals surface area (Å²) >= 11 is 0. The second-order valence-electron chi connectivity index (χ2n) is 3.94. The zero-order valence-corrected chi connectivity index (χ0v) is 8.55. The number of nitrogens with one attached hydrogen (secondary N) is 1. The molecule has 1 fully saturated rings. The molecule has 1 aliphatic rings. The fourth-order valence-corrected chi connectivity index (χ4v) is 1.81. The monoisotopic (exact) mass is 180 g/mol. The van der Waals surface area contributed by atoms with Crippen molar-refractivity contribution in [1.29, 1.82) is 0 Å². The fraction of sp³-hybridized carbons (Fsp3) is 0.818. The smallest absolute Gasteiger partial charge is 0.0596 e. The molecule has 1 heterocycles. The summed E-state index contributed by atoms with van der Waals surface area (Å²) in [5.41, 5.74) is 0. The van der Waals surface area contributed by atoms with Crippen molar-refractivity contribution in [3.05, 3.63) is 0 Å². The molecule has 0 aromatic heterocycles. The Morgan fingerprint density at radius 2 is 2.46 bits per heavy atom. The van der Waals surface area contributed by atoms with Crippen LogP contribution in [0.25, 0.3) is 0 Å². The molecule has 0 radical (unpaired) electrons. The SMILES string of the molecule is C#CCN(C)CCC1CCCNC1. The summed E-state index contributed by atoms with van der Waals surface area (Å²) in [5, 5.41) is 3.43. The van der Waals surface area contributed by atoms with Crippen LogP contribution in [0.4, 0.5) is 0 Å². The molecule has 0 aromatic rings. The Labute approximate surface area is 81.7 Å². The Bertz CT molecular complexity index is 165. The molecular weight excluding hydrogens is 160 g/mol. The molecule has 1 rings (SSSR count). The lowest BCUT2D eigenvalue weighted by Crippen LogP contribution is -2.32. The third-order valence-electron chi connectivity index (χ3n) is 2.68. The minimum atomic E-state index is 0.778. The van der Waals surface area contributed by atoms with Gasteiger partial charge in [-0.1, -0.05) is 5.92 Å². The van der Waals surface area contributed by atoms with Crippen molar-refractivity contribution in [2.24, 2.45) is 5.92 Å². The van der Waals surface area contributed by atoms with Crippen molar-refractivity contribution >= 4 is 0 Å². The van der Waals surface area contributed by atoms with E-state index in [0.29, 0.717) is 0 Å². The number of nitrogens with zero attached hydrogens (tertiary/aromatic N) is 1. The largest absolute Gasteiger partial charge is 0.316 e. The van der Waals surface area contributed by atoms with Gasteiger partial charge < -0.3 is 5.32 Å². The molecule has 0 spiro atoms. The number of rotatable bonds is 4. The van der Waals surface area contributed by atoms with Crippen LogP contribution < -0.4 is 5.32 Å². The Hall–Kier alpha value is -0.520. The first-order valence-corrected chi connectivity index (χ1v) is 5.15. The number of hydrogen-bond donors (Lipinski definition) is 1. The molecule has 0 aromatic carbocycles. The standard InChI is InChI=1S/C11H20N2/c1-3-8-13(2)9-6-11-5-4-7-12-10-11/h1,11-12H,4-10H2,2H3. The lowest BCUT2D eigenvalue weighted by atomic mass is 9.96. The molecule has 0 amide bonds. The maximum atomic E-state index is 5.23. The third kappa shape index (κ3) is 4.31. The molecule has 0 saturated carbocycles. The Morgan fingerprint density at radius 3 is 3.08 bits per heavy atom. The van der Waals surface area contributed by atoms with Gasteiger partial charge in [0.25, 0.3) is 0 Å². The van der Waals surface area contributed by atoms with Gasteiger partial charge in [0, 0.05) is 0 Å². The van der Waals surface area contributed by atoms with Gasteiger partial charge in [-0.25, -0.2) is 0 Å². The highest BCUT2D eigenvalue weighted by Crippen LogP contribution is 2.13. The zero-order valence-electron chi connectivity index (χ0n) is 8.55. The van der Waals surface area contributed by atoms with Crippen molar-refractivity contribution < 1.29 is 0 Å². The van der Waals surface area contributed by atoms with Gasteiger partial charge in [-0.2, -0.15) is 0 Å². The molecule has 0 bridgehead atoms. The van der Waals surface area contributed by atoms with Crippen molar-refractivity contribution in [2.45, 2.75) is 19.3 Å². The van der Waals surface area contributed by atoms with E-state index in [4.69, 9.17) is 6.42 Å². The summed E-state index contributed by atoms with van der Waals surface area (Å²) in [7, 11) is 2.09. The van der Waals surface area contributed by atoms with E-state index in [1.165, 1.54) is 32.4 Å². The molecule has 2 heteroatoms. The maximum absolute atomic E-state index is 5.23. The molecule has 1 atom stereocenters. The summed E-state index contributed by atoms with van der Waals surface area (Å²) in [4.78, 5) is 2.22. The van der Waals surface area contributed by atoms with E-state index in [9.17, 15) is 0 Å². The second-order valence-corrected chi connectivity index (χ2v) is 3.94. The van der Waals surface area contributed by atoms with Gasteiger partial charge in [-0.3, -0.25) is 4.90 Å². The molecular formula is C11H20N2. The molecule has 1 N–H and O–H groups in total. The minimum absolute atomic E-state index is 0.778. The van der Waals surface area contributed by atoms with Crippen LogP contribution in [0.15, 0.2) is 0 Å². The highest BCUT2D eigenvalue weighted by molar-refractivity contribution is 4.87. The lowest BCUT2D eigenvalue weighted by Gasteiger charge is -2.24. The van der Waals surface area contributed by atoms with E-state index >= 15 is 0 Å². The quantitative estimate of drug-likeness (QED) is 0.648. The number of hydrogen-bond acceptors (Lipinski definition) is 2. The summed E-state index contributed by atoms with van der Waals surface area (Å²) in [5.74, 6) is 3.53. The van der Waals surface area contributed by atoms with Crippen LogP contribution in [0.5, 0.6) is 0 Å². The average Bonchev–Trinajstić information content (AvgIpc) is 2.17. The van der Waals surface area contributed by atoms with E-state index in [-0.39, 0.29) is 0 Å². The van der Waals surface area contributed by atoms with E-state index < -0.39 is 0 Å². The van der Waals surface area contributed by atoms with Crippen LogP contribution in [0.2, 0.25) is 0 Å². The molecule has 0 aliphatic carbocycles. The van der Waals surface area contributed by atoms with Gasteiger partial charge in [0.1, 0.15) is 0 Å². The van der Waals surface area contributed by atoms with Gasteiger partial charge in [-0.15, -0.1) is 6.42 Å². The van der Waals surface area contributed by atoms with Gasteiger partial charge in [0.2, 0.25) is 0 Å². The molecule has 1 saturated heterocycles. The maximum Gasteiger partial charge on any atom is 0.0596 e. The molecule has 13 heavy (non-hydrogen) atoms. The van der Waals surface area contributed by atoms with Crippen molar-refractivity contribution in [3.8, 4) is 12.3 Å². The first-order chi connectivity index (χ1) is 6.33.